The number of hydrogen-bond donors (Lipinski definition) is 1. The number of rotatable bonds is 2. The zero-order valence-corrected chi connectivity index (χ0v) is 11.2. The molecule has 1 heterocycles. The van der Waals surface area contributed by atoms with Gasteiger partial charge in [0.15, 0.2) is 0 Å². The van der Waals surface area contributed by atoms with E-state index in [2.05, 4.69) is 4.98 Å². The minimum Gasteiger partial charge on any atom is -0.381 e. The minimum absolute atomic E-state index is 0.296. The van der Waals surface area contributed by atoms with Crippen LogP contribution in [0.4, 0.5) is 13.2 Å². The molecule has 2 nitrogen and oxygen atoms in total. The predicted molar refractivity (Wildman–Crippen MR) is 69.4 cm³/mol. The smallest absolute Gasteiger partial charge is 0.381 e. The van der Waals surface area contributed by atoms with E-state index in [1.807, 2.05) is 0 Å². The Balaban J connectivity index is 2.57. The zero-order chi connectivity index (χ0) is 15.0. The first-order valence-corrected chi connectivity index (χ1v) is 6.11. The molecule has 1 N–H and O–H groups in total. The van der Waals surface area contributed by atoms with Gasteiger partial charge in [-0.05, 0) is 30.7 Å². The van der Waals surface area contributed by atoms with Crippen LogP contribution in [0.25, 0.3) is 0 Å². The molecule has 1 aromatic carbocycles. The molecule has 1 atom stereocenters. The summed E-state index contributed by atoms with van der Waals surface area (Å²) < 4.78 is 39.0. The molecule has 6 heteroatoms. The zero-order valence-electron chi connectivity index (χ0n) is 10.4. The SMILES string of the molecule is CC(O)(c1ccc(Cl)cc1)c1cnccc1C(F)(F)F. The van der Waals surface area contributed by atoms with Crippen molar-refractivity contribution >= 4 is 11.6 Å². The molecule has 2 aromatic rings. The Bertz CT molecular complexity index is 609. The monoisotopic (exact) mass is 301 g/mol. The molecule has 1 unspecified atom stereocenters. The summed E-state index contributed by atoms with van der Waals surface area (Å²) in [6.45, 7) is 1.29. The van der Waals surface area contributed by atoms with Crippen molar-refractivity contribution in [2.45, 2.75) is 18.7 Å². The van der Waals surface area contributed by atoms with Gasteiger partial charge < -0.3 is 5.11 Å². The molecule has 20 heavy (non-hydrogen) atoms. The summed E-state index contributed by atoms with van der Waals surface area (Å²) in [7, 11) is 0. The molecule has 0 saturated carbocycles. The van der Waals surface area contributed by atoms with Crippen LogP contribution in [0.5, 0.6) is 0 Å². The Morgan fingerprint density at radius 3 is 2.20 bits per heavy atom. The van der Waals surface area contributed by atoms with Crippen molar-refractivity contribution in [3.63, 3.8) is 0 Å². The molecule has 0 spiro atoms. The van der Waals surface area contributed by atoms with E-state index in [-0.39, 0.29) is 5.56 Å². The van der Waals surface area contributed by atoms with Crippen LogP contribution in [-0.4, -0.2) is 10.1 Å². The number of benzene rings is 1. The highest BCUT2D eigenvalue weighted by Crippen LogP contribution is 2.39. The summed E-state index contributed by atoms with van der Waals surface area (Å²) in [6, 6.07) is 6.83. The number of hydrogen-bond acceptors (Lipinski definition) is 2. The van der Waals surface area contributed by atoms with Gasteiger partial charge in [-0.2, -0.15) is 13.2 Å². The van der Waals surface area contributed by atoms with Crippen LogP contribution in [0.2, 0.25) is 5.02 Å². The normalized spacial score (nSPS) is 14.9. The van der Waals surface area contributed by atoms with Crippen LogP contribution in [0.3, 0.4) is 0 Å². The van der Waals surface area contributed by atoms with Crippen molar-refractivity contribution in [1.29, 1.82) is 0 Å². The molecule has 0 aliphatic carbocycles. The first-order valence-electron chi connectivity index (χ1n) is 5.73. The van der Waals surface area contributed by atoms with E-state index >= 15 is 0 Å². The first-order chi connectivity index (χ1) is 9.23. The van der Waals surface area contributed by atoms with Crippen LogP contribution in [0.15, 0.2) is 42.7 Å². The summed E-state index contributed by atoms with van der Waals surface area (Å²) in [6.07, 6.45) is -2.49. The second-order valence-electron chi connectivity index (χ2n) is 4.50. The number of pyridine rings is 1. The summed E-state index contributed by atoms with van der Waals surface area (Å²) >= 11 is 5.74. The van der Waals surface area contributed by atoms with Gasteiger partial charge in [-0.15, -0.1) is 0 Å². The summed E-state index contributed by atoms with van der Waals surface area (Å²) in [5.74, 6) is 0. The first kappa shape index (κ1) is 14.8. The van der Waals surface area contributed by atoms with Crippen molar-refractivity contribution in [3.05, 3.63) is 64.4 Å². The van der Waals surface area contributed by atoms with Crippen LogP contribution in [0, 0.1) is 0 Å². The molecule has 1 aromatic heterocycles. The maximum atomic E-state index is 13.0. The second kappa shape index (κ2) is 5.07. The standard InChI is InChI=1S/C14H11ClF3NO/c1-13(20,9-2-4-10(15)5-3-9)12-8-19-7-6-11(12)14(16,17)18/h2-8,20H,1H3. The van der Waals surface area contributed by atoms with Crippen LogP contribution in [-0.2, 0) is 11.8 Å². The van der Waals surface area contributed by atoms with E-state index in [9.17, 15) is 18.3 Å². The van der Waals surface area contributed by atoms with Crippen molar-refractivity contribution in [1.82, 2.24) is 4.98 Å². The average molecular weight is 302 g/mol. The molecule has 0 aliphatic heterocycles. The highest BCUT2D eigenvalue weighted by molar-refractivity contribution is 6.30. The molecule has 0 bridgehead atoms. The topological polar surface area (TPSA) is 33.1 Å². The Morgan fingerprint density at radius 1 is 1.05 bits per heavy atom. The Kier molecular flexibility index (Phi) is 3.75. The van der Waals surface area contributed by atoms with Crippen molar-refractivity contribution in [2.24, 2.45) is 0 Å². The lowest BCUT2D eigenvalue weighted by molar-refractivity contribution is -0.140. The third kappa shape index (κ3) is 2.78. The number of halogens is 4. The molecule has 0 radical (unpaired) electrons. The van der Waals surface area contributed by atoms with Gasteiger partial charge >= 0.3 is 6.18 Å². The molecule has 0 amide bonds. The molecule has 106 valence electrons. The van der Waals surface area contributed by atoms with Crippen LogP contribution >= 0.6 is 11.6 Å². The van der Waals surface area contributed by atoms with E-state index in [1.165, 1.54) is 31.2 Å². The van der Waals surface area contributed by atoms with E-state index in [1.54, 1.807) is 0 Å². The molecule has 0 fully saturated rings. The van der Waals surface area contributed by atoms with Gasteiger partial charge in [0.05, 0.1) is 5.56 Å². The van der Waals surface area contributed by atoms with Crippen molar-refractivity contribution in [2.75, 3.05) is 0 Å². The summed E-state index contributed by atoms with van der Waals surface area (Å²) in [5.41, 5.74) is -2.72. The van der Waals surface area contributed by atoms with Crippen molar-refractivity contribution in [3.8, 4) is 0 Å². The van der Waals surface area contributed by atoms with Crippen molar-refractivity contribution < 1.29 is 18.3 Å². The lowest BCUT2D eigenvalue weighted by Gasteiger charge is -2.27. The average Bonchev–Trinajstić information content (AvgIpc) is 2.38. The van der Waals surface area contributed by atoms with E-state index < -0.39 is 17.3 Å². The third-order valence-corrected chi connectivity index (χ3v) is 3.31. The van der Waals surface area contributed by atoms with Gasteiger partial charge in [0.1, 0.15) is 5.60 Å². The molecule has 2 rings (SSSR count). The predicted octanol–water partition coefficient (Wildman–Crippen LogP) is 4.01. The lowest BCUT2D eigenvalue weighted by atomic mass is 9.86. The largest absolute Gasteiger partial charge is 0.416 e. The van der Waals surface area contributed by atoms with Gasteiger partial charge in [0.2, 0.25) is 0 Å². The number of alkyl halides is 3. The van der Waals surface area contributed by atoms with E-state index in [0.29, 0.717) is 10.6 Å². The van der Waals surface area contributed by atoms with Gasteiger partial charge in [-0.25, -0.2) is 0 Å². The minimum atomic E-state index is -4.56. The Hall–Kier alpha value is -1.59. The fourth-order valence-corrected chi connectivity index (χ4v) is 2.09. The fraction of sp³-hybridized carbons (Fsp3) is 0.214. The molecular formula is C14H11ClF3NO. The Labute approximate surface area is 118 Å². The van der Waals surface area contributed by atoms with Gasteiger partial charge in [0, 0.05) is 23.0 Å². The van der Waals surface area contributed by atoms with Crippen LogP contribution in [0.1, 0.15) is 23.6 Å². The molecule has 0 saturated heterocycles. The summed E-state index contributed by atoms with van der Waals surface area (Å²) in [4.78, 5) is 3.68. The van der Waals surface area contributed by atoms with Gasteiger partial charge in [-0.3, -0.25) is 4.98 Å². The number of aromatic nitrogens is 1. The van der Waals surface area contributed by atoms with Gasteiger partial charge in [0.25, 0.3) is 0 Å². The quantitative estimate of drug-likeness (QED) is 0.909. The fourth-order valence-electron chi connectivity index (χ4n) is 1.96. The maximum absolute atomic E-state index is 13.0. The van der Waals surface area contributed by atoms with Crippen LogP contribution < -0.4 is 0 Å². The summed E-state index contributed by atoms with van der Waals surface area (Å²) in [5, 5.41) is 10.9. The maximum Gasteiger partial charge on any atom is 0.416 e. The highest BCUT2D eigenvalue weighted by atomic mass is 35.5. The number of aliphatic hydroxyl groups is 1. The van der Waals surface area contributed by atoms with Gasteiger partial charge in [-0.1, -0.05) is 23.7 Å². The third-order valence-electron chi connectivity index (χ3n) is 3.06. The molecule has 0 aliphatic rings. The lowest BCUT2D eigenvalue weighted by Crippen LogP contribution is -2.27. The molecular weight excluding hydrogens is 291 g/mol. The Morgan fingerprint density at radius 2 is 1.65 bits per heavy atom. The number of nitrogens with zero attached hydrogens (tertiary/aromatic N) is 1. The van der Waals surface area contributed by atoms with E-state index in [4.69, 9.17) is 11.6 Å². The highest BCUT2D eigenvalue weighted by Gasteiger charge is 2.39. The second-order valence-corrected chi connectivity index (χ2v) is 4.93. The van der Waals surface area contributed by atoms with E-state index in [0.717, 1.165) is 18.5 Å².